The molecule has 1 aromatic rings. The summed E-state index contributed by atoms with van der Waals surface area (Å²) in [5.74, 6) is 1.30. The van der Waals surface area contributed by atoms with Gasteiger partial charge in [-0.05, 0) is 39.2 Å². The first kappa shape index (κ1) is 24.4. The molecule has 0 radical (unpaired) electrons. The number of benzene rings is 1. The maximum Gasteiger partial charge on any atom is 0.194 e. The van der Waals surface area contributed by atoms with Gasteiger partial charge in [0.2, 0.25) is 0 Å². The summed E-state index contributed by atoms with van der Waals surface area (Å²) in [6.45, 7) is 8.81. The summed E-state index contributed by atoms with van der Waals surface area (Å²) in [6, 6.07) is 10.4. The molecule has 2 atom stereocenters. The molecule has 1 aromatic carbocycles. The lowest BCUT2D eigenvalue weighted by molar-refractivity contribution is -0.0250. The number of nitrogens with one attached hydrogen (secondary N) is 1. The van der Waals surface area contributed by atoms with Crippen LogP contribution in [0, 0.1) is 5.92 Å². The van der Waals surface area contributed by atoms with E-state index in [9.17, 15) is 8.42 Å². The van der Waals surface area contributed by atoms with Crippen molar-refractivity contribution in [3.8, 4) is 0 Å². The molecule has 0 spiro atoms. The Balaban J connectivity index is 0.00000300. The SMILES string of the molecule is CCNC(=NCC1CCCOC1c1ccccc1)N1CCS(=O)(=O)C(C)(C)C1.I. The highest BCUT2D eigenvalue weighted by Gasteiger charge is 2.41. The maximum absolute atomic E-state index is 12.3. The molecule has 29 heavy (non-hydrogen) atoms. The van der Waals surface area contributed by atoms with Crippen LogP contribution >= 0.6 is 24.0 Å². The van der Waals surface area contributed by atoms with Crippen molar-refractivity contribution in [2.75, 3.05) is 38.5 Å². The summed E-state index contributed by atoms with van der Waals surface area (Å²) >= 11 is 0. The van der Waals surface area contributed by atoms with Crippen molar-refractivity contribution in [2.45, 2.75) is 44.5 Å². The van der Waals surface area contributed by atoms with E-state index in [4.69, 9.17) is 9.73 Å². The molecule has 164 valence electrons. The largest absolute Gasteiger partial charge is 0.373 e. The van der Waals surface area contributed by atoms with Gasteiger partial charge in [-0.25, -0.2) is 8.42 Å². The first-order chi connectivity index (χ1) is 13.3. The van der Waals surface area contributed by atoms with Crippen LogP contribution < -0.4 is 5.32 Å². The molecule has 2 fully saturated rings. The normalized spacial score (nSPS) is 26.4. The fourth-order valence-corrected chi connectivity index (χ4v) is 5.36. The second kappa shape index (κ2) is 10.4. The Morgan fingerprint density at radius 1 is 1.31 bits per heavy atom. The van der Waals surface area contributed by atoms with E-state index in [-0.39, 0.29) is 35.8 Å². The van der Waals surface area contributed by atoms with Gasteiger partial charge in [0.25, 0.3) is 0 Å². The van der Waals surface area contributed by atoms with Crippen LogP contribution in [0.1, 0.15) is 45.3 Å². The minimum absolute atomic E-state index is 0. The van der Waals surface area contributed by atoms with Crippen LogP contribution in [0.4, 0.5) is 0 Å². The molecule has 2 aliphatic heterocycles. The van der Waals surface area contributed by atoms with Crippen molar-refractivity contribution in [1.82, 2.24) is 10.2 Å². The Labute approximate surface area is 192 Å². The zero-order valence-corrected chi connectivity index (χ0v) is 20.8. The van der Waals surface area contributed by atoms with Crippen LogP contribution in [0.2, 0.25) is 0 Å². The molecule has 3 rings (SSSR count). The van der Waals surface area contributed by atoms with E-state index >= 15 is 0 Å². The van der Waals surface area contributed by atoms with E-state index in [1.807, 2.05) is 25.1 Å². The average molecular weight is 535 g/mol. The van der Waals surface area contributed by atoms with E-state index in [0.29, 0.717) is 25.6 Å². The first-order valence-electron chi connectivity index (χ1n) is 10.3. The van der Waals surface area contributed by atoms with Crippen LogP contribution in [-0.2, 0) is 14.6 Å². The maximum atomic E-state index is 12.3. The minimum Gasteiger partial charge on any atom is -0.373 e. The molecule has 2 saturated heterocycles. The van der Waals surface area contributed by atoms with Gasteiger partial charge in [0.05, 0.1) is 16.6 Å². The van der Waals surface area contributed by atoms with Crippen LogP contribution in [0.15, 0.2) is 35.3 Å². The molecular weight excluding hydrogens is 501 g/mol. The van der Waals surface area contributed by atoms with Gasteiger partial charge in [0, 0.05) is 38.7 Å². The Hall–Kier alpha value is -0.870. The Bertz CT molecular complexity index is 784. The van der Waals surface area contributed by atoms with E-state index < -0.39 is 14.6 Å². The molecule has 8 heteroatoms. The highest BCUT2D eigenvalue weighted by Crippen LogP contribution is 2.34. The highest BCUT2D eigenvalue weighted by molar-refractivity contribution is 14.0. The summed E-state index contributed by atoms with van der Waals surface area (Å²) in [5.41, 5.74) is 1.21. The molecule has 2 unspecified atom stereocenters. The number of nitrogens with zero attached hydrogens (tertiary/aromatic N) is 2. The number of aliphatic imine (C=N–C) groups is 1. The third-order valence-corrected chi connectivity index (χ3v) is 8.26. The van der Waals surface area contributed by atoms with Gasteiger partial charge < -0.3 is 15.0 Å². The molecule has 6 nitrogen and oxygen atoms in total. The molecular formula is C21H34IN3O3S. The van der Waals surface area contributed by atoms with Crippen molar-refractivity contribution < 1.29 is 13.2 Å². The first-order valence-corrected chi connectivity index (χ1v) is 11.9. The Morgan fingerprint density at radius 2 is 2.03 bits per heavy atom. The van der Waals surface area contributed by atoms with E-state index in [1.54, 1.807) is 13.8 Å². The lowest BCUT2D eigenvalue weighted by Crippen LogP contribution is -2.57. The van der Waals surface area contributed by atoms with Crippen LogP contribution in [0.3, 0.4) is 0 Å². The lowest BCUT2D eigenvalue weighted by atomic mass is 9.89. The molecule has 0 aromatic heterocycles. The third kappa shape index (κ3) is 5.85. The number of hydrogen-bond donors (Lipinski definition) is 1. The lowest BCUT2D eigenvalue weighted by Gasteiger charge is -2.39. The monoisotopic (exact) mass is 535 g/mol. The number of rotatable bonds is 4. The molecule has 2 heterocycles. The van der Waals surface area contributed by atoms with Crippen molar-refractivity contribution >= 4 is 39.8 Å². The van der Waals surface area contributed by atoms with Gasteiger partial charge in [-0.2, -0.15) is 0 Å². The summed E-state index contributed by atoms with van der Waals surface area (Å²) in [7, 11) is -3.07. The van der Waals surface area contributed by atoms with Gasteiger partial charge in [0.1, 0.15) is 0 Å². The van der Waals surface area contributed by atoms with Gasteiger partial charge in [-0.1, -0.05) is 30.3 Å². The number of sulfone groups is 1. The molecule has 1 N–H and O–H groups in total. The van der Waals surface area contributed by atoms with Crippen molar-refractivity contribution in [2.24, 2.45) is 10.9 Å². The van der Waals surface area contributed by atoms with Crippen LogP contribution in [0.25, 0.3) is 0 Å². The van der Waals surface area contributed by atoms with Crippen LogP contribution in [0.5, 0.6) is 0 Å². The summed E-state index contributed by atoms with van der Waals surface area (Å²) in [5, 5.41) is 3.35. The molecule has 0 saturated carbocycles. The molecule has 0 amide bonds. The fourth-order valence-electron chi connectivity index (χ4n) is 4.00. The summed E-state index contributed by atoms with van der Waals surface area (Å²) < 4.78 is 30.0. The van der Waals surface area contributed by atoms with Gasteiger partial charge in [0.15, 0.2) is 15.8 Å². The third-order valence-electron chi connectivity index (χ3n) is 5.73. The van der Waals surface area contributed by atoms with Gasteiger partial charge in [-0.3, -0.25) is 4.99 Å². The number of hydrogen-bond acceptors (Lipinski definition) is 4. The Kier molecular flexibility index (Phi) is 8.78. The summed E-state index contributed by atoms with van der Waals surface area (Å²) in [4.78, 5) is 7.00. The molecule has 0 aliphatic carbocycles. The smallest absolute Gasteiger partial charge is 0.194 e. The van der Waals surface area contributed by atoms with Crippen molar-refractivity contribution in [1.29, 1.82) is 0 Å². The minimum atomic E-state index is -3.07. The predicted molar refractivity (Wildman–Crippen MR) is 129 cm³/mol. The fraction of sp³-hybridized carbons (Fsp3) is 0.667. The highest BCUT2D eigenvalue weighted by atomic mass is 127. The Morgan fingerprint density at radius 3 is 2.69 bits per heavy atom. The zero-order chi connectivity index (χ0) is 20.2. The molecule has 2 aliphatic rings. The van der Waals surface area contributed by atoms with E-state index in [1.165, 1.54) is 5.56 Å². The standard InChI is InChI=1S/C21H33N3O3S.HI/c1-4-22-20(24-12-14-28(25,26)21(2,3)16-24)23-15-18-11-8-13-27-19(18)17-9-6-5-7-10-17;/h5-7,9-10,18-19H,4,8,11-16H2,1-3H3,(H,22,23);1H. The number of ether oxygens (including phenoxy) is 1. The second-order valence-electron chi connectivity index (χ2n) is 8.30. The van der Waals surface area contributed by atoms with E-state index in [2.05, 4.69) is 22.3 Å². The van der Waals surface area contributed by atoms with E-state index in [0.717, 1.165) is 32.0 Å². The quantitative estimate of drug-likeness (QED) is 0.364. The predicted octanol–water partition coefficient (Wildman–Crippen LogP) is 3.25. The number of guanidine groups is 1. The van der Waals surface area contributed by atoms with Gasteiger partial charge in [-0.15, -0.1) is 24.0 Å². The topological polar surface area (TPSA) is 71.0 Å². The second-order valence-corrected chi connectivity index (χ2v) is 11.0. The zero-order valence-electron chi connectivity index (χ0n) is 17.6. The summed E-state index contributed by atoms with van der Waals surface area (Å²) in [6.07, 6.45) is 2.21. The van der Waals surface area contributed by atoms with Crippen LogP contribution in [-0.4, -0.2) is 62.6 Å². The average Bonchev–Trinajstić information content (AvgIpc) is 2.68. The number of halogens is 1. The van der Waals surface area contributed by atoms with Gasteiger partial charge >= 0.3 is 0 Å². The van der Waals surface area contributed by atoms with Crippen molar-refractivity contribution in [3.63, 3.8) is 0 Å². The van der Waals surface area contributed by atoms with Crippen molar-refractivity contribution in [3.05, 3.63) is 35.9 Å². The molecule has 0 bridgehead atoms.